The van der Waals surface area contributed by atoms with Crippen molar-refractivity contribution in [2.45, 2.75) is 75.0 Å². The molecule has 0 aromatic carbocycles. The molecule has 16 heteroatoms. The lowest BCUT2D eigenvalue weighted by molar-refractivity contribution is -0.480. The van der Waals surface area contributed by atoms with Gasteiger partial charge >= 0.3 is 13.6 Å². The summed E-state index contributed by atoms with van der Waals surface area (Å²) < 4.78 is 17.2. The lowest BCUT2D eigenvalue weighted by atomic mass is 10.0. The first-order chi connectivity index (χ1) is 15.7. The predicted molar refractivity (Wildman–Crippen MR) is 116 cm³/mol. The van der Waals surface area contributed by atoms with Gasteiger partial charge < -0.3 is 45.6 Å². The van der Waals surface area contributed by atoms with E-state index in [0.717, 1.165) is 6.92 Å². The maximum Gasteiger partial charge on any atom is 0.331 e. The van der Waals surface area contributed by atoms with Crippen LogP contribution in [0.5, 0.6) is 0 Å². The van der Waals surface area contributed by atoms with Gasteiger partial charge in [-0.25, -0.2) is 4.79 Å². The summed E-state index contributed by atoms with van der Waals surface area (Å²) in [5.74, 6) is -2.21. The summed E-state index contributed by atoms with van der Waals surface area (Å²) in [6.07, 6.45) is -4.31. The van der Waals surface area contributed by atoms with E-state index in [1.165, 1.54) is 0 Å². The monoisotopic (exact) mass is 515 g/mol. The molecule has 1 aliphatic rings. The van der Waals surface area contributed by atoms with Crippen LogP contribution in [0.3, 0.4) is 0 Å². The number of hydrogen-bond acceptors (Lipinski definition) is 11. The van der Waals surface area contributed by atoms with Crippen LogP contribution in [0, 0.1) is 10.1 Å². The maximum absolute atomic E-state index is 12.4. The number of nitro groups is 1. The molecule has 0 bridgehead atoms. The number of aliphatic carboxylic acids is 1. The molecule has 34 heavy (non-hydrogen) atoms. The van der Waals surface area contributed by atoms with E-state index >= 15 is 0 Å². The van der Waals surface area contributed by atoms with E-state index in [4.69, 9.17) is 9.63 Å². The van der Waals surface area contributed by atoms with E-state index in [0.29, 0.717) is 6.42 Å². The number of amides is 1. The average molecular weight is 515 g/mol. The second kappa shape index (κ2) is 13.4. The summed E-state index contributed by atoms with van der Waals surface area (Å²) in [6, 6.07) is -1.69. The number of unbranched alkanes of at least 4 members (excludes halogenated alkanes) is 2. The van der Waals surface area contributed by atoms with Gasteiger partial charge in [-0.3, -0.25) is 19.5 Å². The second-order valence-corrected chi connectivity index (χ2v) is 10.5. The highest BCUT2D eigenvalue weighted by Crippen LogP contribution is 2.44. The minimum Gasteiger partial charge on any atom is -0.479 e. The Morgan fingerprint density at radius 2 is 1.85 bits per heavy atom. The summed E-state index contributed by atoms with van der Waals surface area (Å²) in [4.78, 5) is 43.5. The Labute approximate surface area is 195 Å². The molecular weight excluding hydrogens is 481 g/mol. The molecule has 0 radical (unpaired) electrons. The predicted octanol–water partition coefficient (Wildman–Crippen LogP) is -2.21. The van der Waals surface area contributed by atoms with Crippen LogP contribution in [-0.4, -0.2) is 109 Å². The highest BCUT2D eigenvalue weighted by atomic mass is 31.2. The number of carboxylic acid groups (broad SMARTS) is 1. The van der Waals surface area contributed by atoms with E-state index in [1.54, 1.807) is 0 Å². The summed E-state index contributed by atoms with van der Waals surface area (Å²) >= 11 is 0. The molecule has 15 nitrogen and oxygen atoms in total. The molecule has 1 fully saturated rings. The standard InChI is InChI=1S/C18H34N3O12P/c1-18(17(27)28,20-14(24)5-3-2-4-6-21(29)30)10-33-34(31,32)9-11(23)7-12-15(25)16(26)13(8-22)19-12/h11-13,15-16,19,22-23,25-26H,2-10H2,1H3,(H,20,24)(H,27,28)(H,31,32)/t11-,12-,13-,15-,16-,18?/m1/s1. The maximum atomic E-state index is 12.4. The topological polar surface area (TPSA) is 249 Å². The number of nitrogens with zero attached hydrogens (tertiary/aromatic N) is 1. The van der Waals surface area contributed by atoms with Gasteiger partial charge in [-0.15, -0.1) is 0 Å². The van der Waals surface area contributed by atoms with Crippen LogP contribution in [0.25, 0.3) is 0 Å². The largest absolute Gasteiger partial charge is 0.479 e. The van der Waals surface area contributed by atoms with Crippen molar-refractivity contribution >= 4 is 19.5 Å². The lowest BCUT2D eigenvalue weighted by Gasteiger charge is -2.28. The van der Waals surface area contributed by atoms with Crippen molar-refractivity contribution in [3.8, 4) is 0 Å². The minimum absolute atomic E-state index is 0.104. The SMILES string of the molecule is CC(COP(=O)(O)C[C@H](O)C[C@H]1N[C@H](CO)[C@@H](O)[C@@H]1O)(NC(=O)CCCCC[N+](=O)[O-])C(=O)O. The minimum atomic E-state index is -4.53. The van der Waals surface area contributed by atoms with Crippen molar-refractivity contribution in [3.05, 3.63) is 10.1 Å². The number of carbonyl (C=O) groups is 2. The molecule has 1 saturated heterocycles. The highest BCUT2D eigenvalue weighted by molar-refractivity contribution is 7.52. The third-order valence-corrected chi connectivity index (χ3v) is 6.87. The fourth-order valence-electron chi connectivity index (χ4n) is 3.46. The van der Waals surface area contributed by atoms with Crippen LogP contribution in [0.15, 0.2) is 0 Å². The van der Waals surface area contributed by atoms with Gasteiger partial charge in [0.2, 0.25) is 12.5 Å². The van der Waals surface area contributed by atoms with Crippen LogP contribution >= 0.6 is 7.60 Å². The molecule has 1 aliphatic heterocycles. The summed E-state index contributed by atoms with van der Waals surface area (Å²) in [6.45, 7) is -0.514. The zero-order chi connectivity index (χ0) is 26.1. The van der Waals surface area contributed by atoms with Crippen molar-refractivity contribution < 1.29 is 54.0 Å². The van der Waals surface area contributed by atoms with Crippen LogP contribution in [0.1, 0.15) is 39.0 Å². The number of aliphatic hydroxyl groups excluding tert-OH is 4. The van der Waals surface area contributed by atoms with Crippen LogP contribution in [-0.2, 0) is 18.7 Å². The quantitative estimate of drug-likeness (QED) is 0.0470. The molecule has 0 aromatic rings. The fraction of sp³-hybridized carbons (Fsp3) is 0.889. The Morgan fingerprint density at radius 1 is 1.24 bits per heavy atom. The molecular formula is C18H34N3O12P. The molecule has 8 N–H and O–H groups in total. The smallest absolute Gasteiger partial charge is 0.331 e. The van der Waals surface area contributed by atoms with E-state index in [-0.39, 0.29) is 32.2 Å². The summed E-state index contributed by atoms with van der Waals surface area (Å²) in [5.41, 5.74) is -2.05. The Hall–Kier alpha value is -1.71. The number of carboxylic acids is 1. The first-order valence-electron chi connectivity index (χ1n) is 10.7. The van der Waals surface area contributed by atoms with Crippen molar-refractivity contribution in [3.63, 3.8) is 0 Å². The number of aliphatic hydroxyl groups is 4. The molecule has 0 aliphatic carbocycles. The van der Waals surface area contributed by atoms with Crippen LogP contribution in [0.2, 0.25) is 0 Å². The van der Waals surface area contributed by atoms with E-state index < -0.39 is 79.7 Å². The molecule has 0 spiro atoms. The van der Waals surface area contributed by atoms with Crippen molar-refractivity contribution in [1.82, 2.24) is 10.6 Å². The summed E-state index contributed by atoms with van der Waals surface area (Å²) in [7, 11) is -4.53. The fourth-order valence-corrected chi connectivity index (χ4v) is 4.70. The van der Waals surface area contributed by atoms with Crippen molar-refractivity contribution in [1.29, 1.82) is 0 Å². The molecule has 1 rings (SSSR count). The Bertz CT molecular complexity index is 756. The lowest BCUT2D eigenvalue weighted by Crippen LogP contribution is -2.55. The van der Waals surface area contributed by atoms with Crippen LogP contribution < -0.4 is 10.6 Å². The number of hydrogen-bond donors (Lipinski definition) is 8. The van der Waals surface area contributed by atoms with E-state index in [1.807, 2.05) is 0 Å². The second-order valence-electron chi connectivity index (χ2n) is 8.58. The zero-order valence-corrected chi connectivity index (χ0v) is 19.7. The number of rotatable bonds is 16. The van der Waals surface area contributed by atoms with E-state index in [9.17, 15) is 49.6 Å². The third kappa shape index (κ3) is 9.88. The molecule has 198 valence electrons. The van der Waals surface area contributed by atoms with Gasteiger partial charge in [0.15, 0.2) is 5.54 Å². The van der Waals surface area contributed by atoms with Gasteiger partial charge in [-0.2, -0.15) is 0 Å². The molecule has 1 heterocycles. The van der Waals surface area contributed by atoms with E-state index in [2.05, 4.69) is 10.6 Å². The first kappa shape index (κ1) is 30.3. The van der Waals surface area contributed by atoms with Crippen LogP contribution in [0.4, 0.5) is 0 Å². The molecule has 0 aromatic heterocycles. The third-order valence-electron chi connectivity index (χ3n) is 5.45. The normalized spacial score (nSPS) is 26.9. The van der Waals surface area contributed by atoms with Gasteiger partial charge in [0, 0.05) is 23.8 Å². The number of nitrogens with one attached hydrogen (secondary N) is 2. The average Bonchev–Trinajstić information content (AvgIpc) is 2.99. The number of carbonyl (C=O) groups excluding carboxylic acids is 1. The molecule has 1 amide bonds. The van der Waals surface area contributed by atoms with Gasteiger partial charge in [-0.05, 0) is 26.2 Å². The van der Waals surface area contributed by atoms with Gasteiger partial charge in [-0.1, -0.05) is 0 Å². The van der Waals surface area contributed by atoms with Crippen molar-refractivity contribution in [2.75, 3.05) is 25.9 Å². The molecule has 2 unspecified atom stereocenters. The molecule has 7 atom stereocenters. The first-order valence-corrected chi connectivity index (χ1v) is 12.5. The van der Waals surface area contributed by atoms with Gasteiger partial charge in [0.25, 0.3) is 0 Å². The summed E-state index contributed by atoms with van der Waals surface area (Å²) in [5, 5.41) is 63.6. The van der Waals surface area contributed by atoms with Gasteiger partial charge in [0.05, 0.1) is 43.7 Å². The highest BCUT2D eigenvalue weighted by Gasteiger charge is 2.42. The Kier molecular flexibility index (Phi) is 11.9. The Morgan fingerprint density at radius 3 is 2.38 bits per heavy atom. The van der Waals surface area contributed by atoms with Crippen molar-refractivity contribution in [2.24, 2.45) is 0 Å². The van der Waals surface area contributed by atoms with Gasteiger partial charge in [0.1, 0.15) is 0 Å². The zero-order valence-electron chi connectivity index (χ0n) is 18.8. The Balaban J connectivity index is 2.56. The molecule has 0 saturated carbocycles.